The number of hydrogen-bond acceptors (Lipinski definition) is 3. The van der Waals surface area contributed by atoms with E-state index in [1.165, 1.54) is 4.90 Å². The largest absolute Gasteiger partial charge is 0.350 e. The number of H-pyrrole nitrogens is 1. The minimum Gasteiger partial charge on any atom is -0.350 e. The number of carbonyl (C=O) groups excluding carboxylic acids is 2. The van der Waals surface area contributed by atoms with Crippen LogP contribution < -0.4 is 5.32 Å². The smallest absolute Gasteiger partial charge is 0.268 e. The molecule has 2 aromatic rings. The summed E-state index contributed by atoms with van der Waals surface area (Å²) in [6.07, 6.45) is 0.509. The molecule has 6 nitrogen and oxygen atoms in total. The molecule has 146 valence electrons. The van der Waals surface area contributed by atoms with Crippen molar-refractivity contribution in [1.29, 1.82) is 5.26 Å². The lowest BCUT2D eigenvalue weighted by Gasteiger charge is -2.23. The molecular weight excluding hydrogens is 366 g/mol. The number of alkyl halides is 2. The van der Waals surface area contributed by atoms with Crippen LogP contribution in [0.5, 0.6) is 0 Å². The molecule has 1 spiro atoms. The normalized spacial score (nSPS) is 23.6. The van der Waals surface area contributed by atoms with E-state index in [2.05, 4.69) is 10.3 Å². The number of aromatic nitrogens is 1. The monoisotopic (exact) mass is 386 g/mol. The molecule has 0 unspecified atom stereocenters. The molecular formula is C20H20F2N4O2. The Hall–Kier alpha value is -2.95. The second-order valence-electron chi connectivity index (χ2n) is 7.70. The van der Waals surface area contributed by atoms with E-state index in [4.69, 9.17) is 5.26 Å². The Kier molecular flexibility index (Phi) is 4.14. The number of hydrogen-bond donors (Lipinski definition) is 2. The Labute approximate surface area is 160 Å². The Morgan fingerprint density at radius 1 is 1.39 bits per heavy atom. The molecule has 1 aliphatic carbocycles. The van der Waals surface area contributed by atoms with Crippen LogP contribution in [-0.2, 0) is 4.79 Å². The van der Waals surface area contributed by atoms with Crippen LogP contribution in [0, 0.1) is 16.7 Å². The van der Waals surface area contributed by atoms with E-state index in [9.17, 15) is 18.4 Å². The Balaban J connectivity index is 1.45. The number of aromatic amines is 1. The number of halogens is 2. The van der Waals surface area contributed by atoms with E-state index in [1.54, 1.807) is 31.2 Å². The molecule has 1 aromatic carbocycles. The number of rotatable bonds is 4. The average molecular weight is 386 g/mol. The highest BCUT2D eigenvalue weighted by Crippen LogP contribution is 2.65. The second-order valence-corrected chi connectivity index (χ2v) is 7.70. The van der Waals surface area contributed by atoms with Crippen LogP contribution >= 0.6 is 0 Å². The molecule has 1 aliphatic heterocycles. The number of nitriles is 1. The van der Waals surface area contributed by atoms with Crippen molar-refractivity contribution in [2.45, 2.75) is 38.2 Å². The molecule has 2 heterocycles. The number of nitrogens with one attached hydrogen (secondary N) is 2. The predicted molar refractivity (Wildman–Crippen MR) is 97.8 cm³/mol. The molecule has 2 atom stereocenters. The Morgan fingerprint density at radius 2 is 2.14 bits per heavy atom. The van der Waals surface area contributed by atoms with Gasteiger partial charge in [-0.1, -0.05) is 13.0 Å². The molecule has 1 aromatic heterocycles. The lowest BCUT2D eigenvalue weighted by molar-refractivity contribution is -0.132. The minimum atomic E-state index is -2.68. The van der Waals surface area contributed by atoms with E-state index in [-0.39, 0.29) is 24.6 Å². The van der Waals surface area contributed by atoms with E-state index in [0.29, 0.717) is 30.5 Å². The SMILES string of the molecule is CC[C@H](NC(=O)c1cc2ccc(C#N)cc2[nH]1)C(=O)N1CC[C@@]2(C1)CC2(F)F. The molecule has 0 bridgehead atoms. The fourth-order valence-electron chi connectivity index (χ4n) is 4.00. The quantitative estimate of drug-likeness (QED) is 0.847. The van der Waals surface area contributed by atoms with Gasteiger partial charge in [-0.15, -0.1) is 0 Å². The maximum absolute atomic E-state index is 13.6. The van der Waals surface area contributed by atoms with Crippen LogP contribution in [0.15, 0.2) is 24.3 Å². The van der Waals surface area contributed by atoms with E-state index >= 15 is 0 Å². The van der Waals surface area contributed by atoms with Crippen molar-refractivity contribution in [1.82, 2.24) is 15.2 Å². The topological polar surface area (TPSA) is 89.0 Å². The van der Waals surface area contributed by atoms with Crippen molar-refractivity contribution in [3.05, 3.63) is 35.5 Å². The molecule has 28 heavy (non-hydrogen) atoms. The maximum Gasteiger partial charge on any atom is 0.268 e. The van der Waals surface area contributed by atoms with E-state index < -0.39 is 23.3 Å². The summed E-state index contributed by atoms with van der Waals surface area (Å²) >= 11 is 0. The third-order valence-electron chi connectivity index (χ3n) is 5.88. The number of benzene rings is 1. The first kappa shape index (κ1) is 18.4. The minimum absolute atomic E-state index is 0.0501. The molecule has 1 saturated heterocycles. The van der Waals surface area contributed by atoms with Crippen LogP contribution in [0.4, 0.5) is 8.78 Å². The van der Waals surface area contributed by atoms with Gasteiger partial charge in [0, 0.05) is 30.4 Å². The molecule has 2 amide bonds. The number of amides is 2. The van der Waals surface area contributed by atoms with Crippen molar-refractivity contribution >= 4 is 22.7 Å². The van der Waals surface area contributed by atoms with Crippen molar-refractivity contribution in [2.24, 2.45) is 5.41 Å². The van der Waals surface area contributed by atoms with E-state index in [1.807, 2.05) is 6.07 Å². The van der Waals surface area contributed by atoms with Crippen LogP contribution in [0.1, 0.15) is 42.2 Å². The fraction of sp³-hybridized carbons (Fsp3) is 0.450. The average Bonchev–Trinajstić information content (AvgIpc) is 3.06. The molecule has 2 N–H and O–H groups in total. The van der Waals surface area contributed by atoms with Crippen LogP contribution in [-0.4, -0.2) is 46.8 Å². The van der Waals surface area contributed by atoms with Gasteiger partial charge >= 0.3 is 0 Å². The van der Waals surface area contributed by atoms with Gasteiger partial charge in [-0.2, -0.15) is 5.26 Å². The molecule has 4 rings (SSSR count). The molecule has 0 radical (unpaired) electrons. The van der Waals surface area contributed by atoms with Gasteiger partial charge in [0.2, 0.25) is 5.91 Å². The van der Waals surface area contributed by atoms with Crippen molar-refractivity contribution in [3.63, 3.8) is 0 Å². The third kappa shape index (κ3) is 2.91. The Morgan fingerprint density at radius 3 is 2.75 bits per heavy atom. The van der Waals surface area contributed by atoms with E-state index in [0.717, 1.165) is 5.39 Å². The van der Waals surface area contributed by atoms with Gasteiger partial charge in [-0.05, 0) is 31.0 Å². The van der Waals surface area contributed by atoms with Crippen molar-refractivity contribution in [3.8, 4) is 6.07 Å². The first-order chi connectivity index (χ1) is 13.3. The summed E-state index contributed by atoms with van der Waals surface area (Å²) < 4.78 is 27.1. The number of carbonyl (C=O) groups is 2. The van der Waals surface area contributed by atoms with Gasteiger partial charge in [-0.25, -0.2) is 8.78 Å². The number of fused-ring (bicyclic) bond motifs is 1. The third-order valence-corrected chi connectivity index (χ3v) is 5.88. The molecule has 8 heteroatoms. The lowest BCUT2D eigenvalue weighted by Crippen LogP contribution is -2.47. The highest BCUT2D eigenvalue weighted by atomic mass is 19.3. The summed E-state index contributed by atoms with van der Waals surface area (Å²) in [6, 6.07) is 7.97. The molecule has 1 saturated carbocycles. The highest BCUT2D eigenvalue weighted by Gasteiger charge is 2.73. The van der Waals surface area contributed by atoms with Crippen LogP contribution in [0.3, 0.4) is 0 Å². The summed E-state index contributed by atoms with van der Waals surface area (Å²) in [5.74, 6) is -3.45. The van der Waals surface area contributed by atoms with Crippen LogP contribution in [0.2, 0.25) is 0 Å². The summed E-state index contributed by atoms with van der Waals surface area (Å²) in [6.45, 7) is 2.11. The predicted octanol–water partition coefficient (Wildman–Crippen LogP) is 2.81. The zero-order valence-electron chi connectivity index (χ0n) is 15.4. The van der Waals surface area contributed by atoms with Gasteiger partial charge < -0.3 is 15.2 Å². The lowest BCUT2D eigenvalue weighted by atomic mass is 10.1. The first-order valence-corrected chi connectivity index (χ1v) is 9.29. The van der Waals surface area contributed by atoms with Gasteiger partial charge in [0.25, 0.3) is 11.8 Å². The summed E-state index contributed by atoms with van der Waals surface area (Å²) in [5, 5.41) is 12.5. The zero-order chi connectivity index (χ0) is 20.1. The number of nitrogens with zero attached hydrogens (tertiary/aromatic N) is 2. The number of likely N-dealkylation sites (tertiary alicyclic amines) is 1. The molecule has 2 fully saturated rings. The Bertz CT molecular complexity index is 1010. The summed E-state index contributed by atoms with van der Waals surface area (Å²) in [4.78, 5) is 29.7. The van der Waals surface area contributed by atoms with Crippen molar-refractivity contribution < 1.29 is 18.4 Å². The highest BCUT2D eigenvalue weighted by molar-refractivity contribution is 6.00. The maximum atomic E-state index is 13.6. The second kappa shape index (κ2) is 6.30. The van der Waals surface area contributed by atoms with Crippen LogP contribution in [0.25, 0.3) is 10.9 Å². The van der Waals surface area contributed by atoms with Gasteiger partial charge in [0.05, 0.1) is 17.0 Å². The van der Waals surface area contributed by atoms with Gasteiger partial charge in [0.1, 0.15) is 11.7 Å². The molecule has 2 aliphatic rings. The summed E-state index contributed by atoms with van der Waals surface area (Å²) in [7, 11) is 0. The first-order valence-electron chi connectivity index (χ1n) is 9.29. The summed E-state index contributed by atoms with van der Waals surface area (Å²) in [5.41, 5.74) is 0.354. The fourth-order valence-corrected chi connectivity index (χ4v) is 4.00. The van der Waals surface area contributed by atoms with Gasteiger partial charge in [-0.3, -0.25) is 9.59 Å². The zero-order valence-corrected chi connectivity index (χ0v) is 15.4. The van der Waals surface area contributed by atoms with Gasteiger partial charge in [0.15, 0.2) is 0 Å². The van der Waals surface area contributed by atoms with Crippen molar-refractivity contribution in [2.75, 3.05) is 13.1 Å². The standard InChI is InChI=1S/C20H20F2N4O2/c1-2-14(18(28)26-6-5-19(11-26)10-20(19,21)22)25-17(27)16-8-13-4-3-12(9-23)7-15(13)24-16/h3-4,7-8,14,24H,2,5-6,10-11H2,1H3,(H,25,27)/t14-,19-/m0/s1.